The van der Waals surface area contributed by atoms with Crippen LogP contribution in [0.4, 0.5) is 19.1 Å². The van der Waals surface area contributed by atoms with Crippen molar-refractivity contribution < 1.29 is 26.3 Å². The second-order valence-corrected chi connectivity index (χ2v) is 11.3. The summed E-state index contributed by atoms with van der Waals surface area (Å²) >= 11 is 0. The molecule has 2 saturated heterocycles. The quantitative estimate of drug-likeness (QED) is 0.473. The van der Waals surface area contributed by atoms with E-state index in [1.807, 2.05) is 6.92 Å². The summed E-state index contributed by atoms with van der Waals surface area (Å²) in [5.74, 6) is 0.0508. The van der Waals surface area contributed by atoms with Gasteiger partial charge in [0.2, 0.25) is 5.95 Å². The molecular formula is C23H29F3N8O3S. The number of piperidine rings is 1. The molecule has 0 bridgehead atoms. The fourth-order valence-corrected chi connectivity index (χ4v) is 6.09. The topological polar surface area (TPSA) is 120 Å². The van der Waals surface area contributed by atoms with Crippen molar-refractivity contribution in [1.29, 1.82) is 0 Å². The van der Waals surface area contributed by atoms with E-state index in [-0.39, 0.29) is 47.4 Å². The zero-order valence-electron chi connectivity index (χ0n) is 20.8. The first-order valence-electron chi connectivity index (χ1n) is 12.5. The van der Waals surface area contributed by atoms with Crippen LogP contribution in [-0.4, -0.2) is 74.4 Å². The van der Waals surface area contributed by atoms with E-state index in [1.54, 1.807) is 15.4 Å². The molecule has 0 spiro atoms. The number of imidazole rings is 1. The lowest BCUT2D eigenvalue weighted by molar-refractivity contribution is -0.137. The predicted octanol–water partition coefficient (Wildman–Crippen LogP) is 3.19. The fraction of sp³-hybridized carbons (Fsp3) is 0.565. The number of alkyl halides is 3. The maximum Gasteiger partial charge on any atom is 0.419 e. The van der Waals surface area contributed by atoms with Crippen LogP contribution < -0.4 is 5.32 Å². The van der Waals surface area contributed by atoms with E-state index >= 15 is 0 Å². The van der Waals surface area contributed by atoms with E-state index in [4.69, 9.17) is 4.74 Å². The lowest BCUT2D eigenvalue weighted by atomic mass is 10.1. The van der Waals surface area contributed by atoms with Gasteiger partial charge in [-0.05, 0) is 32.6 Å². The van der Waals surface area contributed by atoms with Gasteiger partial charge < -0.3 is 14.6 Å². The third-order valence-electron chi connectivity index (χ3n) is 6.90. The Morgan fingerprint density at radius 3 is 2.47 bits per heavy atom. The van der Waals surface area contributed by atoms with Crippen molar-refractivity contribution in [2.75, 3.05) is 31.6 Å². The molecule has 0 amide bonds. The van der Waals surface area contributed by atoms with Crippen LogP contribution in [0.5, 0.6) is 0 Å². The first-order chi connectivity index (χ1) is 18.1. The maximum absolute atomic E-state index is 13.8. The smallest absolute Gasteiger partial charge is 0.381 e. The van der Waals surface area contributed by atoms with Crippen LogP contribution in [0.3, 0.4) is 0 Å². The highest BCUT2D eigenvalue weighted by Crippen LogP contribution is 2.36. The van der Waals surface area contributed by atoms with E-state index in [1.165, 1.54) is 23.0 Å². The van der Waals surface area contributed by atoms with Crippen molar-refractivity contribution in [3.05, 3.63) is 36.7 Å². The van der Waals surface area contributed by atoms with Crippen molar-refractivity contribution >= 4 is 16.0 Å². The number of hydrogen-bond acceptors (Lipinski definition) is 8. The summed E-state index contributed by atoms with van der Waals surface area (Å²) in [6.07, 6.45) is 4.44. The number of aromatic nitrogens is 6. The third kappa shape index (κ3) is 5.54. The summed E-state index contributed by atoms with van der Waals surface area (Å²) in [6, 6.07) is -0.146. The zero-order chi connectivity index (χ0) is 26.9. The second kappa shape index (κ2) is 10.6. The molecule has 0 unspecified atom stereocenters. The van der Waals surface area contributed by atoms with Gasteiger partial charge in [-0.2, -0.15) is 22.6 Å². The molecule has 11 nitrogen and oxygen atoms in total. The predicted molar refractivity (Wildman–Crippen MR) is 131 cm³/mol. The summed E-state index contributed by atoms with van der Waals surface area (Å²) in [4.78, 5) is 12.2. The Bertz CT molecular complexity index is 1360. The van der Waals surface area contributed by atoms with Gasteiger partial charge in [0.25, 0.3) is 10.0 Å². The Balaban J connectivity index is 1.30. The Hall–Kier alpha value is -3.04. The lowest BCUT2D eigenvalue weighted by Crippen LogP contribution is -2.42. The standard InChI is InChI=1S/C23H29F3N8O3S/c1-2-32-14-20(28-15-32)38(35,36)33-7-3-17(4-8-33)30-22-27-12-19(23(24,25)26)21(31-22)16-11-29-34(13-16)18-5-9-37-10-6-18/h11-15,17-18H,2-10H2,1H3,(H,27,30,31). The molecule has 3 aromatic rings. The van der Waals surface area contributed by atoms with E-state index in [2.05, 4.69) is 25.4 Å². The van der Waals surface area contributed by atoms with Gasteiger partial charge in [-0.15, -0.1) is 0 Å². The van der Waals surface area contributed by atoms with E-state index < -0.39 is 21.8 Å². The molecule has 0 aliphatic carbocycles. The van der Waals surface area contributed by atoms with Crippen LogP contribution in [0, 0.1) is 0 Å². The largest absolute Gasteiger partial charge is 0.419 e. The van der Waals surface area contributed by atoms with Crippen molar-refractivity contribution in [2.45, 2.75) is 62.4 Å². The highest BCUT2D eigenvalue weighted by molar-refractivity contribution is 7.89. The van der Waals surface area contributed by atoms with Gasteiger partial charge in [0.15, 0.2) is 5.03 Å². The first-order valence-corrected chi connectivity index (χ1v) is 13.9. The van der Waals surface area contributed by atoms with Gasteiger partial charge in [-0.1, -0.05) is 0 Å². The Morgan fingerprint density at radius 2 is 1.82 bits per heavy atom. The molecule has 5 rings (SSSR count). The molecule has 206 valence electrons. The van der Waals surface area contributed by atoms with E-state index in [0.29, 0.717) is 32.6 Å². The van der Waals surface area contributed by atoms with Crippen LogP contribution in [-0.2, 0) is 27.5 Å². The van der Waals surface area contributed by atoms with Crippen LogP contribution in [0.1, 0.15) is 44.2 Å². The molecule has 0 saturated carbocycles. The Kier molecular flexibility index (Phi) is 7.42. The Morgan fingerprint density at radius 1 is 1.08 bits per heavy atom. The van der Waals surface area contributed by atoms with Crippen molar-refractivity contribution in [1.82, 2.24) is 33.6 Å². The highest BCUT2D eigenvalue weighted by atomic mass is 32.2. The minimum Gasteiger partial charge on any atom is -0.381 e. The summed E-state index contributed by atoms with van der Waals surface area (Å²) in [5.41, 5.74) is -0.941. The first kappa shape index (κ1) is 26.6. The van der Waals surface area contributed by atoms with E-state index in [0.717, 1.165) is 19.0 Å². The highest BCUT2D eigenvalue weighted by Gasteiger charge is 2.36. The number of aryl methyl sites for hydroxylation is 1. The monoisotopic (exact) mass is 554 g/mol. The fourth-order valence-electron chi connectivity index (χ4n) is 4.69. The van der Waals surface area contributed by atoms with Crippen LogP contribution in [0.15, 0.2) is 36.1 Å². The maximum atomic E-state index is 13.8. The normalized spacial score (nSPS) is 18.6. The zero-order valence-corrected chi connectivity index (χ0v) is 21.6. The minimum atomic E-state index is -4.64. The van der Waals surface area contributed by atoms with Crippen molar-refractivity contribution in [2.24, 2.45) is 0 Å². The number of halogens is 3. The van der Waals surface area contributed by atoms with Gasteiger partial charge in [-0.25, -0.2) is 23.4 Å². The van der Waals surface area contributed by atoms with Crippen molar-refractivity contribution in [3.8, 4) is 11.3 Å². The van der Waals surface area contributed by atoms with Gasteiger partial charge >= 0.3 is 6.18 Å². The average molecular weight is 555 g/mol. The van der Waals surface area contributed by atoms with Gasteiger partial charge in [-0.3, -0.25) is 4.68 Å². The Labute approximate surface area is 218 Å². The number of anilines is 1. The average Bonchev–Trinajstić information content (AvgIpc) is 3.60. The van der Waals surface area contributed by atoms with Crippen LogP contribution in [0.25, 0.3) is 11.3 Å². The number of nitrogens with one attached hydrogen (secondary N) is 1. The molecule has 1 N–H and O–H groups in total. The summed E-state index contributed by atoms with van der Waals surface area (Å²) in [7, 11) is -3.72. The molecule has 0 atom stereocenters. The molecule has 5 heterocycles. The molecular weight excluding hydrogens is 525 g/mol. The van der Waals surface area contributed by atoms with Crippen molar-refractivity contribution in [3.63, 3.8) is 0 Å². The SMILES string of the molecule is CCn1cnc(S(=O)(=O)N2CCC(Nc3ncc(C(F)(F)F)c(-c4cnn(C5CCOCC5)c4)n3)CC2)c1. The number of ether oxygens (including phenoxy) is 1. The van der Waals surface area contributed by atoms with Crippen LogP contribution in [0.2, 0.25) is 0 Å². The molecule has 0 radical (unpaired) electrons. The third-order valence-corrected chi connectivity index (χ3v) is 8.68. The summed E-state index contributed by atoms with van der Waals surface area (Å²) < 4.78 is 77.3. The van der Waals surface area contributed by atoms with E-state index in [9.17, 15) is 21.6 Å². The second-order valence-electron chi connectivity index (χ2n) is 9.37. The van der Waals surface area contributed by atoms with Gasteiger partial charge in [0, 0.05) is 63.0 Å². The summed E-state index contributed by atoms with van der Waals surface area (Å²) in [5, 5.41) is 7.38. The molecule has 38 heavy (non-hydrogen) atoms. The lowest BCUT2D eigenvalue weighted by Gasteiger charge is -2.31. The number of sulfonamides is 1. The molecule has 2 aliphatic rings. The summed E-state index contributed by atoms with van der Waals surface area (Å²) in [6.45, 7) is 4.14. The number of nitrogens with zero attached hydrogens (tertiary/aromatic N) is 7. The van der Waals surface area contributed by atoms with Crippen LogP contribution >= 0.6 is 0 Å². The minimum absolute atomic E-state index is 0.00257. The molecule has 0 aromatic carbocycles. The number of rotatable bonds is 7. The number of hydrogen-bond donors (Lipinski definition) is 1. The molecule has 3 aromatic heterocycles. The molecule has 2 aliphatic heterocycles. The van der Waals surface area contributed by atoms with Gasteiger partial charge in [0.1, 0.15) is 5.56 Å². The molecule has 2 fully saturated rings. The van der Waals surface area contributed by atoms with Gasteiger partial charge in [0.05, 0.1) is 24.3 Å². The molecule has 15 heteroatoms.